The third-order valence-corrected chi connectivity index (χ3v) is 15.8. The molecule has 4 saturated carbocycles. The molecule has 1 aromatic rings. The SMILES string of the molecule is C=C(C)C1CCC2(NC(=O)N3CCNC(=O)C3)CCC3(C)C(CCC4C5(C)CC=C(c6ccc(C(=O)O)cc6)C(C)(C)C5CCC43C)C12. The van der Waals surface area contributed by atoms with Crippen molar-refractivity contribution < 1.29 is 19.5 Å². The monoisotopic (exact) mass is 655 g/mol. The lowest BCUT2D eigenvalue weighted by atomic mass is 9.33. The van der Waals surface area contributed by atoms with Crippen molar-refractivity contribution in [2.24, 2.45) is 51.2 Å². The van der Waals surface area contributed by atoms with Crippen molar-refractivity contribution in [3.8, 4) is 0 Å². The fourth-order valence-electron chi connectivity index (χ4n) is 13.4. The van der Waals surface area contributed by atoms with Crippen LogP contribution >= 0.6 is 0 Å². The number of carboxylic acid groups (broad SMARTS) is 1. The quantitative estimate of drug-likeness (QED) is 0.287. The molecule has 3 amide bonds. The van der Waals surface area contributed by atoms with Crippen LogP contribution in [0.2, 0.25) is 0 Å². The molecule has 1 aliphatic heterocycles. The second-order valence-corrected chi connectivity index (χ2v) is 18.0. The Morgan fingerprint density at radius 2 is 1.67 bits per heavy atom. The number of hydrogen-bond donors (Lipinski definition) is 3. The Morgan fingerprint density at radius 1 is 0.938 bits per heavy atom. The Morgan fingerprint density at radius 3 is 2.33 bits per heavy atom. The maximum Gasteiger partial charge on any atom is 0.335 e. The summed E-state index contributed by atoms with van der Waals surface area (Å²) in [5.41, 5.74) is 4.36. The van der Waals surface area contributed by atoms with Crippen LogP contribution in [-0.4, -0.2) is 53.1 Å². The Hall–Kier alpha value is -3.09. The first-order valence-electron chi connectivity index (χ1n) is 18.6. The molecule has 0 aromatic heterocycles. The first-order chi connectivity index (χ1) is 22.6. The average molecular weight is 656 g/mol. The zero-order valence-electron chi connectivity index (χ0n) is 30.1. The number of urea groups is 1. The van der Waals surface area contributed by atoms with Gasteiger partial charge in [-0.2, -0.15) is 0 Å². The molecular weight excluding hydrogens is 598 g/mol. The largest absolute Gasteiger partial charge is 0.478 e. The molecule has 0 spiro atoms. The lowest BCUT2D eigenvalue weighted by Gasteiger charge is -2.72. The molecule has 5 aliphatic carbocycles. The number of nitrogens with zero attached hydrogens (tertiary/aromatic N) is 1. The highest BCUT2D eigenvalue weighted by molar-refractivity contribution is 5.88. The summed E-state index contributed by atoms with van der Waals surface area (Å²) in [4.78, 5) is 39.2. The van der Waals surface area contributed by atoms with E-state index in [4.69, 9.17) is 0 Å². The van der Waals surface area contributed by atoms with E-state index in [1.165, 1.54) is 36.8 Å². The van der Waals surface area contributed by atoms with Gasteiger partial charge in [0.1, 0.15) is 6.54 Å². The van der Waals surface area contributed by atoms with Crippen molar-refractivity contribution in [3.63, 3.8) is 0 Å². The summed E-state index contributed by atoms with van der Waals surface area (Å²) in [6.07, 6.45) is 12.5. The number of aromatic carboxylic acids is 1. The average Bonchev–Trinajstić information content (AvgIpc) is 3.41. The zero-order valence-corrected chi connectivity index (χ0v) is 30.1. The molecule has 3 N–H and O–H groups in total. The molecule has 7 rings (SSSR count). The summed E-state index contributed by atoms with van der Waals surface area (Å²) >= 11 is 0. The number of carbonyl (C=O) groups is 3. The minimum absolute atomic E-state index is 0.0231. The summed E-state index contributed by atoms with van der Waals surface area (Å²) < 4.78 is 0. The minimum atomic E-state index is -0.882. The molecule has 7 nitrogen and oxygen atoms in total. The van der Waals surface area contributed by atoms with Gasteiger partial charge in [-0.25, -0.2) is 9.59 Å². The summed E-state index contributed by atoms with van der Waals surface area (Å²) in [7, 11) is 0. The van der Waals surface area contributed by atoms with Crippen molar-refractivity contribution >= 4 is 23.5 Å². The number of piperazine rings is 1. The molecule has 9 atom stereocenters. The predicted octanol–water partition coefficient (Wildman–Crippen LogP) is 7.93. The standard InChI is InChI=1S/C41H57N3O4/c1-25(2)28-14-19-41(43-36(48)44-23-22-42-33(45)24-44)21-20-39(6)30(34(28)41)12-13-32-38(5)17-15-29(26-8-10-27(11-9-26)35(46)47)37(3,4)31(38)16-18-40(32,39)7/h8-11,15,28,30-32,34H,1,12-14,16-24H2,2-7H3,(H,42,45)(H,43,48)(H,46,47). The van der Waals surface area contributed by atoms with Gasteiger partial charge in [-0.3, -0.25) is 4.79 Å². The third-order valence-electron chi connectivity index (χ3n) is 15.8. The van der Waals surface area contributed by atoms with Gasteiger partial charge in [0.05, 0.1) is 5.56 Å². The van der Waals surface area contributed by atoms with Crippen molar-refractivity contribution in [2.45, 2.75) is 105 Å². The summed E-state index contributed by atoms with van der Waals surface area (Å²) in [6, 6.07) is 7.44. The Bertz CT molecular complexity index is 1560. The molecule has 1 heterocycles. The van der Waals surface area contributed by atoms with Gasteiger partial charge < -0.3 is 20.6 Å². The van der Waals surface area contributed by atoms with E-state index in [1.807, 2.05) is 12.1 Å². The molecule has 0 radical (unpaired) electrons. The third kappa shape index (κ3) is 4.68. The maximum absolute atomic E-state index is 13.8. The molecule has 1 aromatic carbocycles. The second kappa shape index (κ2) is 11.2. The first kappa shape index (κ1) is 33.4. The second-order valence-electron chi connectivity index (χ2n) is 18.0. The lowest BCUT2D eigenvalue weighted by molar-refractivity contribution is -0.218. The minimum Gasteiger partial charge on any atom is -0.478 e. The molecule has 6 aliphatic rings. The van der Waals surface area contributed by atoms with Gasteiger partial charge in [0.2, 0.25) is 5.91 Å². The highest BCUT2D eigenvalue weighted by atomic mass is 16.4. The van der Waals surface area contributed by atoms with Gasteiger partial charge in [0, 0.05) is 18.6 Å². The van der Waals surface area contributed by atoms with Gasteiger partial charge in [-0.05, 0) is 139 Å². The fraction of sp³-hybridized carbons (Fsp3) is 0.683. The van der Waals surface area contributed by atoms with Crippen LogP contribution in [0.5, 0.6) is 0 Å². The molecule has 5 fully saturated rings. The van der Waals surface area contributed by atoms with Crippen LogP contribution in [0.25, 0.3) is 5.57 Å². The summed E-state index contributed by atoms with van der Waals surface area (Å²) in [5.74, 6) is 1.47. The number of hydrogen-bond acceptors (Lipinski definition) is 3. The molecule has 1 saturated heterocycles. The maximum atomic E-state index is 13.8. The van der Waals surface area contributed by atoms with E-state index in [1.54, 1.807) is 17.0 Å². The number of rotatable bonds is 4. The number of carbonyl (C=O) groups excluding carboxylic acids is 2. The van der Waals surface area contributed by atoms with Gasteiger partial charge in [-0.1, -0.05) is 65.0 Å². The molecule has 48 heavy (non-hydrogen) atoms. The number of allylic oxidation sites excluding steroid dienone is 3. The van der Waals surface area contributed by atoms with Crippen molar-refractivity contribution in [3.05, 3.63) is 53.6 Å². The molecule has 0 bridgehead atoms. The van der Waals surface area contributed by atoms with Crippen LogP contribution in [0.15, 0.2) is 42.5 Å². The van der Waals surface area contributed by atoms with Crippen LogP contribution < -0.4 is 10.6 Å². The van der Waals surface area contributed by atoms with E-state index in [2.05, 4.69) is 64.8 Å². The molecule has 9 unspecified atom stereocenters. The van der Waals surface area contributed by atoms with Crippen molar-refractivity contribution in [1.29, 1.82) is 0 Å². The van der Waals surface area contributed by atoms with E-state index < -0.39 is 5.97 Å². The summed E-state index contributed by atoms with van der Waals surface area (Å²) in [6.45, 7) is 20.7. The smallest absolute Gasteiger partial charge is 0.335 e. The number of nitrogens with one attached hydrogen (secondary N) is 2. The topological polar surface area (TPSA) is 98.7 Å². The number of carboxylic acids is 1. The van der Waals surface area contributed by atoms with E-state index in [9.17, 15) is 19.5 Å². The van der Waals surface area contributed by atoms with Gasteiger partial charge in [-0.15, -0.1) is 0 Å². The normalized spacial score (nSPS) is 41.5. The zero-order chi connectivity index (χ0) is 34.4. The Kier molecular flexibility index (Phi) is 7.81. The van der Waals surface area contributed by atoms with Gasteiger partial charge in [0.25, 0.3) is 0 Å². The van der Waals surface area contributed by atoms with E-state index in [0.29, 0.717) is 48.2 Å². The lowest BCUT2D eigenvalue weighted by Crippen LogP contribution is -2.69. The van der Waals surface area contributed by atoms with E-state index in [0.717, 1.165) is 37.7 Å². The molecular formula is C41H57N3O4. The van der Waals surface area contributed by atoms with Crippen molar-refractivity contribution in [2.75, 3.05) is 19.6 Å². The van der Waals surface area contributed by atoms with Crippen LogP contribution in [0.1, 0.15) is 115 Å². The van der Waals surface area contributed by atoms with Crippen LogP contribution in [0.3, 0.4) is 0 Å². The Labute approximate surface area is 287 Å². The highest BCUT2D eigenvalue weighted by Crippen LogP contribution is 2.76. The van der Waals surface area contributed by atoms with Crippen molar-refractivity contribution in [1.82, 2.24) is 15.5 Å². The van der Waals surface area contributed by atoms with Crippen LogP contribution in [0, 0.1) is 51.2 Å². The number of benzene rings is 1. The molecule has 7 heteroatoms. The van der Waals surface area contributed by atoms with Gasteiger partial charge >= 0.3 is 12.0 Å². The predicted molar refractivity (Wildman–Crippen MR) is 189 cm³/mol. The van der Waals surface area contributed by atoms with E-state index >= 15 is 0 Å². The van der Waals surface area contributed by atoms with Gasteiger partial charge in [0.15, 0.2) is 0 Å². The van der Waals surface area contributed by atoms with Crippen LogP contribution in [-0.2, 0) is 4.79 Å². The Balaban J connectivity index is 1.20. The fourth-order valence-corrected chi connectivity index (χ4v) is 13.4. The first-order valence-corrected chi connectivity index (χ1v) is 18.6. The van der Waals surface area contributed by atoms with Crippen LogP contribution in [0.4, 0.5) is 4.79 Å². The number of amides is 3. The molecule has 260 valence electrons. The summed E-state index contributed by atoms with van der Waals surface area (Å²) in [5, 5.41) is 16.0. The van der Waals surface area contributed by atoms with E-state index in [-0.39, 0.29) is 45.7 Å². The number of fused-ring (bicyclic) bond motifs is 7. The highest BCUT2D eigenvalue weighted by Gasteiger charge is 2.70.